The summed E-state index contributed by atoms with van der Waals surface area (Å²) < 4.78 is 6.39. The molecule has 6 nitrogen and oxygen atoms in total. The molecule has 2 N–H and O–H groups in total. The molecule has 1 aliphatic heterocycles. The lowest BCUT2D eigenvalue weighted by Gasteiger charge is -2.33. The molecule has 0 saturated carbocycles. The smallest absolute Gasteiger partial charge is 0.183 e. The van der Waals surface area contributed by atoms with Crippen LogP contribution in [0.1, 0.15) is 32.3 Å². The maximum atomic E-state index is 9.55. The van der Waals surface area contributed by atoms with E-state index in [4.69, 9.17) is 12.7 Å². The van der Waals surface area contributed by atoms with E-state index in [0.717, 1.165) is 53.7 Å². The van der Waals surface area contributed by atoms with Crippen molar-refractivity contribution in [3.63, 3.8) is 0 Å². The van der Waals surface area contributed by atoms with Crippen molar-refractivity contribution in [1.82, 2.24) is 14.8 Å². The van der Waals surface area contributed by atoms with Crippen LogP contribution in [0.4, 0.5) is 11.5 Å². The van der Waals surface area contributed by atoms with Crippen LogP contribution < -0.4 is 10.1 Å². The number of nitrogens with zero attached hydrogens (tertiary/aromatic N) is 3. The van der Waals surface area contributed by atoms with E-state index in [1.54, 1.807) is 18.5 Å². The molecular weight excluding hydrogens is 375 g/mol. The summed E-state index contributed by atoms with van der Waals surface area (Å²) in [6.07, 6.45) is 4.47. The van der Waals surface area contributed by atoms with Crippen LogP contribution in [0.5, 0.6) is 11.5 Å². The van der Waals surface area contributed by atoms with Crippen LogP contribution in [-0.2, 0) is 6.42 Å². The van der Waals surface area contributed by atoms with Gasteiger partial charge in [0.05, 0.1) is 10.9 Å². The van der Waals surface area contributed by atoms with Crippen molar-refractivity contribution in [3.05, 3.63) is 48.3 Å². The van der Waals surface area contributed by atoms with Crippen LogP contribution in [0.2, 0.25) is 0 Å². The number of anilines is 2. The summed E-state index contributed by atoms with van der Waals surface area (Å²) in [6.45, 7) is 5.76. The fourth-order valence-electron chi connectivity index (χ4n) is 3.85. The zero-order valence-electron chi connectivity index (χ0n) is 17.5. The van der Waals surface area contributed by atoms with Gasteiger partial charge in [-0.1, -0.05) is 26.3 Å². The normalized spacial score (nSPS) is 18.1. The standard InChI is InChI=1S/C23H27BN4O2/c1-3-15(2)12-18-13-30-22-16(10-11-28(18)24)4-9-20-21(22)23(26-14-25-20)27-17-5-7-19(29)8-6-17/h4-9,14-15,18,29H,3,10-13H2,1-2H3,(H,25,26,27)/t15-,18?/m1/s1. The minimum atomic E-state index is 0.168. The van der Waals surface area contributed by atoms with Gasteiger partial charge in [0.1, 0.15) is 30.3 Å². The minimum Gasteiger partial charge on any atom is -0.508 e. The number of ether oxygens (including phenoxy) is 1. The molecule has 30 heavy (non-hydrogen) atoms. The van der Waals surface area contributed by atoms with Gasteiger partial charge in [-0.2, -0.15) is 0 Å². The number of fused-ring (bicyclic) bond motifs is 3. The van der Waals surface area contributed by atoms with Crippen molar-refractivity contribution in [2.45, 2.75) is 39.2 Å². The van der Waals surface area contributed by atoms with E-state index in [1.807, 2.05) is 23.0 Å². The van der Waals surface area contributed by atoms with E-state index in [2.05, 4.69) is 35.2 Å². The maximum Gasteiger partial charge on any atom is 0.183 e. The summed E-state index contributed by atoms with van der Waals surface area (Å²) in [5.41, 5.74) is 2.76. The molecule has 2 heterocycles. The topological polar surface area (TPSA) is 70.5 Å². The van der Waals surface area contributed by atoms with Crippen molar-refractivity contribution in [3.8, 4) is 11.5 Å². The van der Waals surface area contributed by atoms with Gasteiger partial charge in [0.25, 0.3) is 0 Å². The second-order valence-electron chi connectivity index (χ2n) is 8.04. The van der Waals surface area contributed by atoms with Gasteiger partial charge in [-0.15, -0.1) is 0 Å². The average molecular weight is 402 g/mol. The summed E-state index contributed by atoms with van der Waals surface area (Å²) in [5.74, 6) is 2.33. The largest absolute Gasteiger partial charge is 0.508 e. The number of hydrogen-bond acceptors (Lipinski definition) is 6. The van der Waals surface area contributed by atoms with Gasteiger partial charge in [-0.3, -0.25) is 0 Å². The van der Waals surface area contributed by atoms with Crippen LogP contribution in [0.3, 0.4) is 0 Å². The number of phenolic OH excluding ortho intramolecular Hbond substituents is 1. The van der Waals surface area contributed by atoms with E-state index in [-0.39, 0.29) is 11.8 Å². The molecule has 2 radical (unpaired) electrons. The summed E-state index contributed by atoms with van der Waals surface area (Å²) in [7, 11) is 6.36. The highest BCUT2D eigenvalue weighted by Crippen LogP contribution is 2.36. The number of benzene rings is 2. The first kappa shape index (κ1) is 20.5. The predicted molar refractivity (Wildman–Crippen MR) is 120 cm³/mol. The molecule has 0 aliphatic carbocycles. The Kier molecular flexibility index (Phi) is 6.09. The molecule has 0 bridgehead atoms. The SMILES string of the molecule is [B]N1CCc2ccc3ncnc(Nc4ccc(O)cc4)c3c2OCC1C[C@H](C)CC. The van der Waals surface area contributed by atoms with E-state index >= 15 is 0 Å². The van der Waals surface area contributed by atoms with E-state index < -0.39 is 0 Å². The minimum absolute atomic E-state index is 0.168. The van der Waals surface area contributed by atoms with Crippen LogP contribution in [0, 0.1) is 5.92 Å². The Balaban J connectivity index is 1.70. The van der Waals surface area contributed by atoms with Gasteiger partial charge in [0.15, 0.2) is 7.98 Å². The molecule has 154 valence electrons. The Morgan fingerprint density at radius 2 is 2.03 bits per heavy atom. The molecule has 3 aromatic rings. The summed E-state index contributed by atoms with van der Waals surface area (Å²) in [4.78, 5) is 10.9. The van der Waals surface area contributed by atoms with Crippen molar-refractivity contribution < 1.29 is 9.84 Å². The molecular formula is C23H27BN4O2. The second-order valence-corrected chi connectivity index (χ2v) is 8.04. The molecule has 7 heteroatoms. The summed E-state index contributed by atoms with van der Waals surface area (Å²) in [6, 6.07) is 11.1. The lowest BCUT2D eigenvalue weighted by Crippen LogP contribution is -2.41. The van der Waals surface area contributed by atoms with Crippen LogP contribution in [-0.4, -0.2) is 47.1 Å². The molecule has 1 aliphatic rings. The zero-order valence-corrected chi connectivity index (χ0v) is 17.5. The van der Waals surface area contributed by atoms with Crippen molar-refractivity contribution in [2.75, 3.05) is 18.5 Å². The van der Waals surface area contributed by atoms with Crippen LogP contribution in [0.25, 0.3) is 10.9 Å². The van der Waals surface area contributed by atoms with Gasteiger partial charge >= 0.3 is 0 Å². The Labute approximate surface area is 178 Å². The highest BCUT2D eigenvalue weighted by Gasteiger charge is 2.23. The number of hydrogen-bond donors (Lipinski definition) is 2. The second kappa shape index (κ2) is 8.92. The van der Waals surface area contributed by atoms with Gasteiger partial charge < -0.3 is 20.0 Å². The van der Waals surface area contributed by atoms with Gasteiger partial charge in [0, 0.05) is 11.7 Å². The zero-order chi connectivity index (χ0) is 21.1. The summed E-state index contributed by atoms with van der Waals surface area (Å²) >= 11 is 0. The fraction of sp³-hybridized carbons (Fsp3) is 0.391. The van der Waals surface area contributed by atoms with E-state index in [1.165, 1.54) is 0 Å². The molecule has 2 aromatic carbocycles. The van der Waals surface area contributed by atoms with Crippen LogP contribution in [0.15, 0.2) is 42.7 Å². The average Bonchev–Trinajstić information content (AvgIpc) is 2.75. The lowest BCUT2D eigenvalue weighted by atomic mass is 9.95. The predicted octanol–water partition coefficient (Wildman–Crippen LogP) is 4.20. The van der Waals surface area contributed by atoms with Crippen molar-refractivity contribution in [2.24, 2.45) is 5.92 Å². The van der Waals surface area contributed by atoms with Crippen molar-refractivity contribution in [1.29, 1.82) is 0 Å². The van der Waals surface area contributed by atoms with Gasteiger partial charge in [-0.25, -0.2) is 9.97 Å². The Morgan fingerprint density at radius 3 is 2.80 bits per heavy atom. The third kappa shape index (κ3) is 4.36. The third-order valence-electron chi connectivity index (χ3n) is 5.87. The first-order valence-corrected chi connectivity index (χ1v) is 10.5. The molecule has 1 aromatic heterocycles. The first-order chi connectivity index (χ1) is 14.5. The summed E-state index contributed by atoms with van der Waals surface area (Å²) in [5, 5.41) is 13.8. The number of phenols is 1. The van der Waals surface area contributed by atoms with E-state index in [9.17, 15) is 5.11 Å². The molecule has 2 atom stereocenters. The molecule has 0 saturated heterocycles. The first-order valence-electron chi connectivity index (χ1n) is 10.5. The highest BCUT2D eigenvalue weighted by molar-refractivity contribution is 6.04. The Morgan fingerprint density at radius 1 is 1.23 bits per heavy atom. The number of aromatic hydroxyl groups is 1. The molecule has 1 unspecified atom stereocenters. The quantitative estimate of drug-likeness (QED) is 0.492. The lowest BCUT2D eigenvalue weighted by molar-refractivity contribution is 0.175. The highest BCUT2D eigenvalue weighted by atomic mass is 16.5. The third-order valence-corrected chi connectivity index (χ3v) is 5.87. The fourth-order valence-corrected chi connectivity index (χ4v) is 3.85. The van der Waals surface area contributed by atoms with Gasteiger partial charge in [-0.05, 0) is 61.2 Å². The molecule has 0 amide bonds. The Hall–Kier alpha value is -2.80. The van der Waals surface area contributed by atoms with Crippen molar-refractivity contribution >= 4 is 30.4 Å². The monoisotopic (exact) mass is 402 g/mol. The van der Waals surface area contributed by atoms with Gasteiger partial charge in [0.2, 0.25) is 0 Å². The number of rotatable bonds is 5. The number of aromatic nitrogens is 2. The number of nitrogens with one attached hydrogen (secondary N) is 1. The molecule has 0 fully saturated rings. The molecule has 0 spiro atoms. The Bertz CT molecular complexity index is 1010. The van der Waals surface area contributed by atoms with E-state index in [0.29, 0.717) is 18.3 Å². The molecule has 4 rings (SSSR count). The van der Waals surface area contributed by atoms with Crippen LogP contribution >= 0.6 is 0 Å². The maximum absolute atomic E-state index is 9.55.